The molecule has 1 N–H and O–H groups in total. The van der Waals surface area contributed by atoms with Crippen LogP contribution < -0.4 is 10.1 Å². The third-order valence-corrected chi connectivity index (χ3v) is 2.47. The number of aliphatic imine (C=N–C) groups is 1. The minimum Gasteiger partial charge on any atom is -0.488 e. The third-order valence-electron chi connectivity index (χ3n) is 2.47. The second-order valence-corrected chi connectivity index (χ2v) is 4.32. The van der Waals surface area contributed by atoms with Gasteiger partial charge in [-0.05, 0) is 38.5 Å². The Morgan fingerprint density at radius 1 is 1.41 bits per heavy atom. The lowest BCUT2D eigenvalue weighted by molar-refractivity contribution is 0.231. The Hall–Kier alpha value is -1.58. The number of benzene rings is 1. The summed E-state index contributed by atoms with van der Waals surface area (Å²) in [6, 6.07) is 4.95. The largest absolute Gasteiger partial charge is 0.488 e. The molecule has 1 aliphatic heterocycles. The number of amidine groups is 1. The highest BCUT2D eigenvalue weighted by Gasteiger charge is 2.11. The average molecular weight is 236 g/mol. The molecule has 1 aliphatic rings. The van der Waals surface area contributed by atoms with E-state index in [9.17, 15) is 4.39 Å². The molecule has 0 spiro atoms. The van der Waals surface area contributed by atoms with Crippen molar-refractivity contribution < 1.29 is 9.13 Å². The fourth-order valence-electron chi connectivity index (χ4n) is 1.72. The number of nitrogens with one attached hydrogen (secondary N) is 1. The van der Waals surface area contributed by atoms with Gasteiger partial charge in [0.1, 0.15) is 5.84 Å². The van der Waals surface area contributed by atoms with Gasteiger partial charge >= 0.3 is 0 Å². The van der Waals surface area contributed by atoms with E-state index in [1.165, 1.54) is 6.07 Å². The summed E-state index contributed by atoms with van der Waals surface area (Å²) < 4.78 is 19.1. The lowest BCUT2D eigenvalue weighted by Gasteiger charge is -2.16. The molecule has 0 fully saturated rings. The monoisotopic (exact) mass is 236 g/mol. The summed E-state index contributed by atoms with van der Waals surface area (Å²) >= 11 is 0. The standard InChI is InChI=1S/C13H17FN2O/c1-9(2)17-12-5-4-10(8-11(12)14)13-15-6-3-7-16-13/h4-5,8-9H,3,6-7H2,1-2H3,(H,15,16). The number of halogens is 1. The predicted octanol–water partition coefficient (Wildman–Crippen LogP) is 2.35. The van der Waals surface area contributed by atoms with Crippen LogP contribution >= 0.6 is 0 Å². The van der Waals surface area contributed by atoms with Crippen LogP contribution in [0, 0.1) is 5.82 Å². The van der Waals surface area contributed by atoms with Crippen LogP contribution in [-0.2, 0) is 0 Å². The van der Waals surface area contributed by atoms with Crippen molar-refractivity contribution in [1.29, 1.82) is 0 Å². The Balaban J connectivity index is 2.21. The molecule has 0 radical (unpaired) electrons. The first-order valence-electron chi connectivity index (χ1n) is 5.91. The second kappa shape index (κ2) is 5.17. The zero-order chi connectivity index (χ0) is 12.3. The average Bonchev–Trinajstić information content (AvgIpc) is 2.32. The molecule has 0 atom stereocenters. The predicted molar refractivity (Wildman–Crippen MR) is 66.2 cm³/mol. The van der Waals surface area contributed by atoms with Crippen molar-refractivity contribution in [3.05, 3.63) is 29.6 Å². The van der Waals surface area contributed by atoms with E-state index >= 15 is 0 Å². The molecular formula is C13H17FN2O. The minimum absolute atomic E-state index is 0.0273. The summed E-state index contributed by atoms with van der Waals surface area (Å²) in [7, 11) is 0. The van der Waals surface area contributed by atoms with Crippen molar-refractivity contribution in [3.63, 3.8) is 0 Å². The highest BCUT2D eigenvalue weighted by molar-refractivity contribution is 5.99. The van der Waals surface area contributed by atoms with Crippen LogP contribution in [-0.4, -0.2) is 25.0 Å². The van der Waals surface area contributed by atoms with Crippen molar-refractivity contribution in [2.75, 3.05) is 13.1 Å². The number of ether oxygens (including phenoxy) is 1. The van der Waals surface area contributed by atoms with Gasteiger partial charge in [-0.25, -0.2) is 4.39 Å². The number of hydrogen-bond acceptors (Lipinski definition) is 3. The smallest absolute Gasteiger partial charge is 0.165 e. The van der Waals surface area contributed by atoms with E-state index < -0.39 is 0 Å². The van der Waals surface area contributed by atoms with E-state index in [1.54, 1.807) is 6.07 Å². The molecule has 1 heterocycles. The molecule has 0 aromatic heterocycles. The summed E-state index contributed by atoms with van der Waals surface area (Å²) in [4.78, 5) is 4.33. The van der Waals surface area contributed by atoms with Gasteiger partial charge in [-0.2, -0.15) is 0 Å². The Kier molecular flexibility index (Phi) is 3.61. The molecule has 4 heteroatoms. The third kappa shape index (κ3) is 2.96. The first kappa shape index (κ1) is 11.9. The van der Waals surface area contributed by atoms with Crippen LogP contribution in [0.5, 0.6) is 5.75 Å². The maximum atomic E-state index is 13.8. The lowest BCUT2D eigenvalue weighted by Crippen LogP contribution is -2.30. The van der Waals surface area contributed by atoms with E-state index in [4.69, 9.17) is 4.74 Å². The van der Waals surface area contributed by atoms with Gasteiger partial charge in [0, 0.05) is 18.7 Å². The van der Waals surface area contributed by atoms with Crippen LogP contribution in [0.4, 0.5) is 4.39 Å². The molecule has 0 bridgehead atoms. The van der Waals surface area contributed by atoms with Crippen molar-refractivity contribution in [2.24, 2.45) is 4.99 Å². The first-order chi connectivity index (χ1) is 8.16. The van der Waals surface area contributed by atoms with Crippen LogP contribution in [0.15, 0.2) is 23.2 Å². The summed E-state index contributed by atoms with van der Waals surface area (Å²) in [5.74, 6) is 0.720. The number of rotatable bonds is 3. The molecule has 17 heavy (non-hydrogen) atoms. The highest BCUT2D eigenvalue weighted by atomic mass is 19.1. The molecule has 1 aromatic rings. The normalized spacial score (nSPS) is 15.4. The van der Waals surface area contributed by atoms with Gasteiger partial charge in [-0.1, -0.05) is 0 Å². The number of nitrogens with zero attached hydrogens (tertiary/aromatic N) is 1. The van der Waals surface area contributed by atoms with E-state index in [2.05, 4.69) is 10.3 Å². The lowest BCUT2D eigenvalue weighted by atomic mass is 10.1. The topological polar surface area (TPSA) is 33.6 Å². The van der Waals surface area contributed by atoms with Gasteiger partial charge in [-0.3, -0.25) is 4.99 Å². The fraction of sp³-hybridized carbons (Fsp3) is 0.462. The van der Waals surface area contributed by atoms with E-state index in [0.29, 0.717) is 5.75 Å². The SMILES string of the molecule is CC(C)Oc1ccc(C2=NCCCN2)cc1F. The van der Waals surface area contributed by atoms with E-state index in [1.807, 2.05) is 19.9 Å². The quantitative estimate of drug-likeness (QED) is 0.874. The summed E-state index contributed by atoms with van der Waals surface area (Å²) in [5.41, 5.74) is 0.776. The summed E-state index contributed by atoms with van der Waals surface area (Å²) in [5, 5.41) is 3.17. The molecule has 0 amide bonds. The van der Waals surface area contributed by atoms with Gasteiger partial charge in [-0.15, -0.1) is 0 Å². The molecule has 2 rings (SSSR count). The Morgan fingerprint density at radius 3 is 2.82 bits per heavy atom. The maximum absolute atomic E-state index is 13.8. The van der Waals surface area contributed by atoms with Crippen molar-refractivity contribution in [3.8, 4) is 5.75 Å². The van der Waals surface area contributed by atoms with E-state index in [-0.39, 0.29) is 11.9 Å². The molecular weight excluding hydrogens is 219 g/mol. The van der Waals surface area contributed by atoms with Gasteiger partial charge in [0.05, 0.1) is 6.10 Å². The molecule has 0 saturated carbocycles. The van der Waals surface area contributed by atoms with Crippen LogP contribution in [0.3, 0.4) is 0 Å². The Labute approximate surface area is 101 Å². The van der Waals surface area contributed by atoms with Gasteiger partial charge in [0.2, 0.25) is 0 Å². The second-order valence-electron chi connectivity index (χ2n) is 4.32. The maximum Gasteiger partial charge on any atom is 0.165 e. The van der Waals surface area contributed by atoms with E-state index in [0.717, 1.165) is 30.9 Å². The van der Waals surface area contributed by atoms with Gasteiger partial charge < -0.3 is 10.1 Å². The van der Waals surface area contributed by atoms with Crippen molar-refractivity contribution in [1.82, 2.24) is 5.32 Å². The van der Waals surface area contributed by atoms with Crippen LogP contribution in [0.25, 0.3) is 0 Å². The molecule has 1 aromatic carbocycles. The van der Waals surface area contributed by atoms with Crippen LogP contribution in [0.1, 0.15) is 25.8 Å². The minimum atomic E-state index is -0.341. The van der Waals surface area contributed by atoms with Gasteiger partial charge in [0.25, 0.3) is 0 Å². The van der Waals surface area contributed by atoms with Crippen molar-refractivity contribution >= 4 is 5.84 Å². The zero-order valence-corrected chi connectivity index (χ0v) is 10.2. The molecule has 92 valence electrons. The summed E-state index contributed by atoms with van der Waals surface area (Å²) in [6.45, 7) is 5.44. The Bertz CT molecular complexity index is 429. The Morgan fingerprint density at radius 2 is 2.24 bits per heavy atom. The van der Waals surface area contributed by atoms with Gasteiger partial charge in [0.15, 0.2) is 11.6 Å². The molecule has 0 aliphatic carbocycles. The molecule has 3 nitrogen and oxygen atoms in total. The highest BCUT2D eigenvalue weighted by Crippen LogP contribution is 2.20. The van der Waals surface area contributed by atoms with Crippen molar-refractivity contribution in [2.45, 2.75) is 26.4 Å². The molecule has 0 unspecified atom stereocenters. The zero-order valence-electron chi connectivity index (χ0n) is 10.2. The first-order valence-corrected chi connectivity index (χ1v) is 5.91. The number of hydrogen-bond donors (Lipinski definition) is 1. The molecule has 0 saturated heterocycles. The summed E-state index contributed by atoms with van der Waals surface area (Å²) in [6.07, 6.45) is 1.00. The fourth-order valence-corrected chi connectivity index (χ4v) is 1.72. The van der Waals surface area contributed by atoms with Crippen LogP contribution in [0.2, 0.25) is 0 Å².